The molecule has 1 N–H and O–H groups in total. The van der Waals surface area contributed by atoms with Gasteiger partial charge in [-0.05, 0) is 18.2 Å². The number of hydrogen-bond donors (Lipinski definition) is 1. The molecule has 0 aromatic carbocycles. The number of hydrogen-bond acceptors (Lipinski definition) is 6. The van der Waals surface area contributed by atoms with Crippen molar-refractivity contribution in [3.05, 3.63) is 36.8 Å². The van der Waals surface area contributed by atoms with Crippen LogP contribution in [0.15, 0.2) is 36.8 Å². The average Bonchev–Trinajstić information content (AvgIpc) is 3.06. The predicted octanol–water partition coefficient (Wildman–Crippen LogP) is 0.486. The molecule has 1 aliphatic rings. The molecule has 7 heteroatoms. The van der Waals surface area contributed by atoms with E-state index in [0.717, 1.165) is 45.1 Å². The van der Waals surface area contributed by atoms with Crippen LogP contribution in [0.2, 0.25) is 0 Å². The minimum absolute atomic E-state index is 0.179. The highest BCUT2D eigenvalue weighted by Gasteiger charge is 2.20. The van der Waals surface area contributed by atoms with Gasteiger partial charge in [-0.3, -0.25) is 9.58 Å². The molecule has 0 amide bonds. The van der Waals surface area contributed by atoms with Crippen LogP contribution in [0, 0.1) is 0 Å². The van der Waals surface area contributed by atoms with Gasteiger partial charge in [0, 0.05) is 44.8 Å². The molecule has 21 heavy (non-hydrogen) atoms. The van der Waals surface area contributed by atoms with Crippen molar-refractivity contribution in [3.8, 4) is 0 Å². The summed E-state index contributed by atoms with van der Waals surface area (Å²) >= 11 is 0. The van der Waals surface area contributed by atoms with Crippen molar-refractivity contribution in [2.24, 2.45) is 0 Å². The van der Waals surface area contributed by atoms with Gasteiger partial charge in [0.2, 0.25) is 0 Å². The molecule has 1 atom stereocenters. The highest BCUT2D eigenvalue weighted by Crippen LogP contribution is 2.07. The third-order valence-corrected chi connectivity index (χ3v) is 3.51. The van der Waals surface area contributed by atoms with Crippen LogP contribution in [0.3, 0.4) is 0 Å². The second-order valence-electron chi connectivity index (χ2n) is 5.05. The highest BCUT2D eigenvalue weighted by atomic mass is 16.5. The van der Waals surface area contributed by atoms with Crippen LogP contribution in [0.1, 0.15) is 0 Å². The standard InChI is InChI=1S/C14H20N6O/c1-3-14(18-16-4-1)15-11-13-12-19(9-10-21-13)7-8-20-6-2-5-17-20/h1-6,13H,7-12H2,(H,15,18). The van der Waals surface area contributed by atoms with Crippen LogP contribution in [0.4, 0.5) is 5.82 Å². The van der Waals surface area contributed by atoms with Crippen molar-refractivity contribution in [2.75, 3.05) is 38.1 Å². The summed E-state index contributed by atoms with van der Waals surface area (Å²) in [5.41, 5.74) is 0. The summed E-state index contributed by atoms with van der Waals surface area (Å²) < 4.78 is 7.75. The molecule has 3 heterocycles. The first kappa shape index (κ1) is 14.0. The Kier molecular flexibility index (Phi) is 4.75. The van der Waals surface area contributed by atoms with Gasteiger partial charge in [0.05, 0.1) is 19.3 Å². The van der Waals surface area contributed by atoms with Gasteiger partial charge in [0.25, 0.3) is 0 Å². The molecule has 7 nitrogen and oxygen atoms in total. The lowest BCUT2D eigenvalue weighted by molar-refractivity contribution is -0.0222. The van der Waals surface area contributed by atoms with Crippen molar-refractivity contribution in [1.29, 1.82) is 0 Å². The molecule has 0 bridgehead atoms. The van der Waals surface area contributed by atoms with Gasteiger partial charge in [0.1, 0.15) is 5.82 Å². The van der Waals surface area contributed by atoms with Crippen LogP contribution in [0.5, 0.6) is 0 Å². The SMILES string of the molecule is c1cnnc(NCC2CN(CCn3cccn3)CCO2)c1. The third-order valence-electron chi connectivity index (χ3n) is 3.51. The Hall–Kier alpha value is -1.99. The molecule has 1 unspecified atom stereocenters. The van der Waals surface area contributed by atoms with Gasteiger partial charge in [-0.2, -0.15) is 10.2 Å². The fraction of sp³-hybridized carbons (Fsp3) is 0.500. The lowest BCUT2D eigenvalue weighted by Gasteiger charge is -2.33. The summed E-state index contributed by atoms with van der Waals surface area (Å²) in [7, 11) is 0. The molecule has 2 aromatic rings. The quantitative estimate of drug-likeness (QED) is 0.834. The topological polar surface area (TPSA) is 68.1 Å². The van der Waals surface area contributed by atoms with E-state index in [1.807, 2.05) is 35.3 Å². The van der Waals surface area contributed by atoms with Crippen LogP contribution in [0.25, 0.3) is 0 Å². The molecule has 0 spiro atoms. The van der Waals surface area contributed by atoms with Crippen molar-refractivity contribution in [1.82, 2.24) is 24.9 Å². The van der Waals surface area contributed by atoms with Crippen LogP contribution < -0.4 is 5.32 Å². The maximum absolute atomic E-state index is 5.79. The summed E-state index contributed by atoms with van der Waals surface area (Å²) in [6, 6.07) is 5.73. The summed E-state index contributed by atoms with van der Waals surface area (Å²) in [6.45, 7) is 5.32. The zero-order chi connectivity index (χ0) is 14.3. The van der Waals surface area contributed by atoms with E-state index < -0.39 is 0 Å². The normalized spacial score (nSPS) is 19.5. The Morgan fingerprint density at radius 2 is 2.29 bits per heavy atom. The minimum Gasteiger partial charge on any atom is -0.374 e. The maximum atomic E-state index is 5.79. The predicted molar refractivity (Wildman–Crippen MR) is 78.9 cm³/mol. The number of nitrogens with zero attached hydrogens (tertiary/aromatic N) is 5. The average molecular weight is 288 g/mol. The molecule has 2 aromatic heterocycles. The first-order valence-corrected chi connectivity index (χ1v) is 7.23. The van der Waals surface area contributed by atoms with E-state index >= 15 is 0 Å². The number of rotatable bonds is 6. The second kappa shape index (κ2) is 7.14. The monoisotopic (exact) mass is 288 g/mol. The summed E-state index contributed by atoms with van der Waals surface area (Å²) in [6.07, 6.45) is 5.65. The van der Waals surface area contributed by atoms with E-state index in [0.29, 0.717) is 0 Å². The molecule has 112 valence electrons. The molecule has 0 aliphatic carbocycles. The van der Waals surface area contributed by atoms with Crippen molar-refractivity contribution in [3.63, 3.8) is 0 Å². The van der Waals surface area contributed by atoms with Crippen LogP contribution in [-0.2, 0) is 11.3 Å². The first-order valence-electron chi connectivity index (χ1n) is 7.23. The molecular weight excluding hydrogens is 268 g/mol. The van der Waals surface area contributed by atoms with E-state index in [1.165, 1.54) is 0 Å². The number of morpholine rings is 1. The van der Waals surface area contributed by atoms with Crippen molar-refractivity contribution >= 4 is 5.82 Å². The first-order chi connectivity index (χ1) is 10.4. The van der Waals surface area contributed by atoms with E-state index in [4.69, 9.17) is 4.74 Å². The Balaban J connectivity index is 1.42. The second-order valence-corrected chi connectivity index (χ2v) is 5.05. The zero-order valence-electron chi connectivity index (χ0n) is 11.9. The maximum Gasteiger partial charge on any atom is 0.148 e. The van der Waals surface area contributed by atoms with E-state index in [2.05, 4.69) is 25.5 Å². The molecule has 0 saturated carbocycles. The molecule has 1 saturated heterocycles. The summed E-state index contributed by atoms with van der Waals surface area (Å²) in [5, 5.41) is 15.3. The van der Waals surface area contributed by atoms with Crippen molar-refractivity contribution in [2.45, 2.75) is 12.6 Å². The van der Waals surface area contributed by atoms with Crippen molar-refractivity contribution < 1.29 is 4.74 Å². The molecule has 1 aliphatic heterocycles. The van der Waals surface area contributed by atoms with Crippen LogP contribution in [-0.4, -0.2) is 63.8 Å². The lowest BCUT2D eigenvalue weighted by atomic mass is 10.2. The van der Waals surface area contributed by atoms with Gasteiger partial charge in [-0.15, -0.1) is 5.10 Å². The number of nitrogens with one attached hydrogen (secondary N) is 1. The zero-order valence-corrected chi connectivity index (χ0v) is 11.9. The summed E-state index contributed by atoms with van der Waals surface area (Å²) in [4.78, 5) is 2.41. The Labute approximate surface area is 123 Å². The van der Waals surface area contributed by atoms with Gasteiger partial charge < -0.3 is 10.1 Å². The van der Waals surface area contributed by atoms with E-state index in [1.54, 1.807) is 6.20 Å². The minimum atomic E-state index is 0.179. The Bertz CT molecular complexity index is 518. The van der Waals surface area contributed by atoms with Gasteiger partial charge in [0.15, 0.2) is 0 Å². The molecule has 3 rings (SSSR count). The van der Waals surface area contributed by atoms with E-state index in [9.17, 15) is 0 Å². The Morgan fingerprint density at radius 1 is 1.29 bits per heavy atom. The van der Waals surface area contributed by atoms with Gasteiger partial charge >= 0.3 is 0 Å². The number of aromatic nitrogens is 4. The summed E-state index contributed by atoms with van der Waals surface area (Å²) in [5.74, 6) is 0.787. The molecule has 1 fully saturated rings. The van der Waals surface area contributed by atoms with Gasteiger partial charge in [-0.25, -0.2) is 0 Å². The van der Waals surface area contributed by atoms with Crippen LogP contribution >= 0.6 is 0 Å². The molecule has 0 radical (unpaired) electrons. The number of ether oxygens (including phenoxy) is 1. The largest absolute Gasteiger partial charge is 0.374 e. The smallest absolute Gasteiger partial charge is 0.148 e. The lowest BCUT2D eigenvalue weighted by Crippen LogP contribution is -2.46. The van der Waals surface area contributed by atoms with Gasteiger partial charge in [-0.1, -0.05) is 0 Å². The van der Waals surface area contributed by atoms with E-state index in [-0.39, 0.29) is 6.10 Å². The highest BCUT2D eigenvalue weighted by molar-refractivity contribution is 5.31. The number of anilines is 1. The fourth-order valence-electron chi connectivity index (χ4n) is 2.40. The fourth-order valence-corrected chi connectivity index (χ4v) is 2.40. The Morgan fingerprint density at radius 3 is 3.10 bits per heavy atom. The molecular formula is C14H20N6O. The third kappa shape index (κ3) is 4.24.